The van der Waals surface area contributed by atoms with Crippen LogP contribution in [0.4, 0.5) is 0 Å². The second kappa shape index (κ2) is 3.83. The topological polar surface area (TPSA) is 0 Å². The average molecular weight is 187 g/mol. The van der Waals surface area contributed by atoms with Crippen LogP contribution >= 0.6 is 11.6 Å². The monoisotopic (exact) mass is 186 g/mol. The molecular weight excluding hydrogens is 168 g/mol. The fraction of sp³-hybridized carbons (Fsp3) is 0.818. The van der Waals surface area contributed by atoms with Gasteiger partial charge in [-0.25, -0.2) is 0 Å². The van der Waals surface area contributed by atoms with Gasteiger partial charge in [-0.3, -0.25) is 0 Å². The molecule has 0 unspecified atom stereocenters. The Morgan fingerprint density at radius 2 is 1.83 bits per heavy atom. The van der Waals surface area contributed by atoms with Gasteiger partial charge < -0.3 is 0 Å². The molecule has 0 heterocycles. The summed E-state index contributed by atoms with van der Waals surface area (Å²) in [6, 6.07) is 0. The molecule has 0 aromatic heterocycles. The Kier molecular flexibility index (Phi) is 3.22. The lowest BCUT2D eigenvalue weighted by Crippen LogP contribution is -2.29. The van der Waals surface area contributed by atoms with Crippen molar-refractivity contribution in [2.75, 3.05) is 0 Å². The van der Waals surface area contributed by atoms with Gasteiger partial charge in [0.1, 0.15) is 0 Å². The SMILES string of the molecule is CCC1=C[C@H](Cl)[C@H](C)[C@@H](C)[C@@H]1C. The average Bonchev–Trinajstić information content (AvgIpc) is 2.08. The Morgan fingerprint density at radius 3 is 2.33 bits per heavy atom. The van der Waals surface area contributed by atoms with E-state index in [0.717, 1.165) is 18.3 Å². The molecule has 1 heteroatoms. The molecule has 12 heavy (non-hydrogen) atoms. The Hall–Kier alpha value is 0.0300. The molecule has 70 valence electrons. The van der Waals surface area contributed by atoms with Gasteiger partial charge >= 0.3 is 0 Å². The van der Waals surface area contributed by atoms with E-state index in [9.17, 15) is 0 Å². The van der Waals surface area contributed by atoms with Gasteiger partial charge in [0, 0.05) is 0 Å². The van der Waals surface area contributed by atoms with Crippen molar-refractivity contribution in [1.82, 2.24) is 0 Å². The Balaban J connectivity index is 2.84. The van der Waals surface area contributed by atoms with E-state index >= 15 is 0 Å². The fourth-order valence-electron chi connectivity index (χ4n) is 2.03. The van der Waals surface area contributed by atoms with Gasteiger partial charge in [-0.1, -0.05) is 39.3 Å². The van der Waals surface area contributed by atoms with Gasteiger partial charge in [-0.05, 0) is 24.2 Å². The summed E-state index contributed by atoms with van der Waals surface area (Å²) in [4.78, 5) is 0. The highest BCUT2D eigenvalue weighted by molar-refractivity contribution is 6.22. The minimum absolute atomic E-state index is 0.256. The number of allylic oxidation sites excluding steroid dienone is 2. The molecule has 0 nitrogen and oxygen atoms in total. The van der Waals surface area contributed by atoms with Crippen LogP contribution in [-0.2, 0) is 0 Å². The van der Waals surface area contributed by atoms with Crippen molar-refractivity contribution in [2.24, 2.45) is 17.8 Å². The quantitative estimate of drug-likeness (QED) is 0.431. The lowest BCUT2D eigenvalue weighted by Gasteiger charge is -2.35. The summed E-state index contributed by atoms with van der Waals surface area (Å²) >= 11 is 6.22. The third kappa shape index (κ3) is 1.69. The zero-order chi connectivity index (χ0) is 9.30. The minimum Gasteiger partial charge on any atom is -0.118 e. The van der Waals surface area contributed by atoms with Gasteiger partial charge in [-0.15, -0.1) is 11.6 Å². The molecule has 0 aliphatic heterocycles. The second-order valence-corrected chi connectivity index (χ2v) is 4.55. The van der Waals surface area contributed by atoms with Crippen LogP contribution < -0.4 is 0 Å². The molecule has 0 aromatic rings. The van der Waals surface area contributed by atoms with Gasteiger partial charge in [-0.2, -0.15) is 0 Å². The Labute approximate surface area is 81.0 Å². The lowest BCUT2D eigenvalue weighted by atomic mass is 9.73. The van der Waals surface area contributed by atoms with Crippen LogP contribution in [0.5, 0.6) is 0 Å². The minimum atomic E-state index is 0.256. The summed E-state index contributed by atoms with van der Waals surface area (Å²) in [6.45, 7) is 9.10. The first-order valence-electron chi connectivity index (χ1n) is 4.92. The number of hydrogen-bond donors (Lipinski definition) is 0. The molecule has 0 aromatic carbocycles. The van der Waals surface area contributed by atoms with Crippen LogP contribution in [0.15, 0.2) is 11.6 Å². The van der Waals surface area contributed by atoms with Gasteiger partial charge in [0.15, 0.2) is 0 Å². The van der Waals surface area contributed by atoms with Crippen LogP contribution in [0.3, 0.4) is 0 Å². The molecule has 4 atom stereocenters. The first-order valence-corrected chi connectivity index (χ1v) is 5.36. The van der Waals surface area contributed by atoms with E-state index in [1.807, 2.05) is 0 Å². The van der Waals surface area contributed by atoms with Crippen molar-refractivity contribution in [3.63, 3.8) is 0 Å². The van der Waals surface area contributed by atoms with Crippen molar-refractivity contribution in [3.05, 3.63) is 11.6 Å². The highest BCUT2D eigenvalue weighted by atomic mass is 35.5. The zero-order valence-electron chi connectivity index (χ0n) is 8.47. The van der Waals surface area contributed by atoms with E-state index in [0.29, 0.717) is 5.92 Å². The second-order valence-electron chi connectivity index (χ2n) is 4.05. The maximum absolute atomic E-state index is 6.22. The smallest absolute Gasteiger partial charge is 0.0547 e. The maximum atomic E-state index is 6.22. The maximum Gasteiger partial charge on any atom is 0.0547 e. The summed E-state index contributed by atoms with van der Waals surface area (Å²) in [5.41, 5.74) is 1.54. The molecule has 1 aliphatic rings. The van der Waals surface area contributed by atoms with E-state index in [1.54, 1.807) is 5.57 Å². The normalized spacial score (nSPS) is 42.6. The number of rotatable bonds is 1. The summed E-state index contributed by atoms with van der Waals surface area (Å²) in [5, 5.41) is 0.256. The molecule has 1 rings (SSSR count). The standard InChI is InChI=1S/C11H19Cl/c1-5-10-6-11(12)9(4)7(2)8(10)3/h6-9,11H,5H2,1-4H3/t7-,8-,9+,11-/m0/s1. The molecule has 0 saturated heterocycles. The summed E-state index contributed by atoms with van der Waals surface area (Å²) in [7, 11) is 0. The van der Waals surface area contributed by atoms with E-state index in [4.69, 9.17) is 11.6 Å². The predicted octanol–water partition coefficient (Wildman–Crippen LogP) is 3.85. The molecule has 0 fully saturated rings. The largest absolute Gasteiger partial charge is 0.118 e. The summed E-state index contributed by atoms with van der Waals surface area (Å²) in [5.74, 6) is 2.07. The predicted molar refractivity (Wildman–Crippen MR) is 55.5 cm³/mol. The highest BCUT2D eigenvalue weighted by Gasteiger charge is 2.30. The van der Waals surface area contributed by atoms with Crippen molar-refractivity contribution in [2.45, 2.75) is 39.5 Å². The third-order valence-corrected chi connectivity index (χ3v) is 4.01. The van der Waals surface area contributed by atoms with Crippen LogP contribution in [-0.4, -0.2) is 5.38 Å². The van der Waals surface area contributed by atoms with Crippen molar-refractivity contribution >= 4 is 11.6 Å². The molecule has 0 amide bonds. The molecule has 1 aliphatic carbocycles. The number of hydrogen-bond acceptors (Lipinski definition) is 0. The molecular formula is C11H19Cl. The first-order chi connectivity index (χ1) is 5.57. The number of halogens is 1. The van der Waals surface area contributed by atoms with E-state index < -0.39 is 0 Å². The van der Waals surface area contributed by atoms with Crippen LogP contribution in [0, 0.1) is 17.8 Å². The molecule has 0 bridgehead atoms. The van der Waals surface area contributed by atoms with Gasteiger partial charge in [0.2, 0.25) is 0 Å². The Morgan fingerprint density at radius 1 is 1.25 bits per heavy atom. The van der Waals surface area contributed by atoms with Crippen LogP contribution in [0.25, 0.3) is 0 Å². The molecule has 0 spiro atoms. The number of alkyl halides is 1. The molecule has 0 N–H and O–H groups in total. The van der Waals surface area contributed by atoms with Gasteiger partial charge in [0.25, 0.3) is 0 Å². The molecule has 0 saturated carbocycles. The van der Waals surface area contributed by atoms with Crippen molar-refractivity contribution < 1.29 is 0 Å². The fourth-order valence-corrected chi connectivity index (χ4v) is 2.42. The van der Waals surface area contributed by atoms with Crippen molar-refractivity contribution in [3.8, 4) is 0 Å². The van der Waals surface area contributed by atoms with Gasteiger partial charge in [0.05, 0.1) is 5.38 Å². The lowest BCUT2D eigenvalue weighted by molar-refractivity contribution is 0.291. The summed E-state index contributed by atoms with van der Waals surface area (Å²) in [6.07, 6.45) is 3.42. The summed E-state index contributed by atoms with van der Waals surface area (Å²) < 4.78 is 0. The third-order valence-electron chi connectivity index (χ3n) is 3.49. The first kappa shape index (κ1) is 10.1. The van der Waals surface area contributed by atoms with Crippen LogP contribution in [0.2, 0.25) is 0 Å². The zero-order valence-corrected chi connectivity index (χ0v) is 9.23. The Bertz CT molecular complexity index is 183. The van der Waals surface area contributed by atoms with E-state index in [1.165, 1.54) is 0 Å². The van der Waals surface area contributed by atoms with E-state index in [-0.39, 0.29) is 5.38 Å². The van der Waals surface area contributed by atoms with Crippen LogP contribution in [0.1, 0.15) is 34.1 Å². The van der Waals surface area contributed by atoms with Crippen molar-refractivity contribution in [1.29, 1.82) is 0 Å². The molecule has 0 radical (unpaired) electrons. The highest BCUT2D eigenvalue weighted by Crippen LogP contribution is 2.37. The van der Waals surface area contributed by atoms with E-state index in [2.05, 4.69) is 33.8 Å².